The third-order valence-electron chi connectivity index (χ3n) is 7.35. The highest BCUT2D eigenvalue weighted by Gasteiger charge is 2.51. The van der Waals surface area contributed by atoms with Crippen molar-refractivity contribution in [2.75, 3.05) is 20.1 Å². The first-order valence-electron chi connectivity index (χ1n) is 10.8. The largest absolute Gasteiger partial charge is 0.508 e. The molecule has 0 radical (unpaired) electrons. The Balaban J connectivity index is 1.45. The lowest BCUT2D eigenvalue weighted by Gasteiger charge is -2.46. The number of carbonyl (C=O) groups is 1. The van der Waals surface area contributed by atoms with Gasteiger partial charge >= 0.3 is 5.97 Å². The molecule has 1 heterocycles. The minimum absolute atomic E-state index is 0.0121. The fourth-order valence-corrected chi connectivity index (χ4v) is 5.77. The van der Waals surface area contributed by atoms with Gasteiger partial charge < -0.3 is 19.8 Å². The van der Waals surface area contributed by atoms with Gasteiger partial charge in [-0.1, -0.05) is 44.1 Å². The van der Waals surface area contributed by atoms with Crippen LogP contribution in [0.1, 0.15) is 51.2 Å². The van der Waals surface area contributed by atoms with Gasteiger partial charge in [0.1, 0.15) is 11.9 Å². The van der Waals surface area contributed by atoms with Gasteiger partial charge in [-0.05, 0) is 55.3 Å². The molecule has 0 aromatic heterocycles. The van der Waals surface area contributed by atoms with E-state index in [9.17, 15) is 15.0 Å². The Hall–Kier alpha value is -1.85. The summed E-state index contributed by atoms with van der Waals surface area (Å²) in [4.78, 5) is 14.7. The zero-order chi connectivity index (χ0) is 20.8. The van der Waals surface area contributed by atoms with E-state index in [1.54, 1.807) is 24.3 Å². The molecule has 2 fully saturated rings. The molecule has 5 heteroatoms. The predicted octanol–water partition coefficient (Wildman–Crippen LogP) is 3.67. The molecule has 1 aliphatic heterocycles. The number of phenolic OH excluding ortho intramolecular Hbond substituents is 1. The topological polar surface area (TPSA) is 70.0 Å². The van der Waals surface area contributed by atoms with Gasteiger partial charge in [-0.15, -0.1) is 0 Å². The van der Waals surface area contributed by atoms with Gasteiger partial charge in [-0.2, -0.15) is 0 Å². The van der Waals surface area contributed by atoms with Crippen molar-refractivity contribution in [3.05, 3.63) is 41.5 Å². The summed E-state index contributed by atoms with van der Waals surface area (Å²) >= 11 is 0. The molecule has 2 N–H and O–H groups in total. The average Bonchev–Trinajstić information content (AvgIpc) is 2.94. The fraction of sp³-hybridized carbons (Fsp3) is 0.625. The summed E-state index contributed by atoms with van der Waals surface area (Å²) in [7, 11) is 1.94. The number of phenols is 1. The maximum Gasteiger partial charge on any atom is 0.311 e. The standard InChI is InChI=1S/C24H33NO4/c1-15-5-4-10-24(2)12-22-18(11-20(15)24)19(23(28)29-22)13-25(3)14-21(27)16-6-8-17(26)9-7-16/h6-9,11,15,18-19,21-22,26-27H,4-5,10,12-14H2,1-3H3/t15-,18-,19+,21+,22-,24-/m1/s1. The monoisotopic (exact) mass is 399 g/mol. The van der Waals surface area contributed by atoms with Crippen molar-refractivity contribution < 1.29 is 19.7 Å². The van der Waals surface area contributed by atoms with Gasteiger partial charge in [0, 0.05) is 19.0 Å². The van der Waals surface area contributed by atoms with Crippen molar-refractivity contribution >= 4 is 5.97 Å². The highest BCUT2D eigenvalue weighted by atomic mass is 16.6. The van der Waals surface area contributed by atoms with Gasteiger partial charge in [-0.3, -0.25) is 4.79 Å². The van der Waals surface area contributed by atoms with E-state index in [4.69, 9.17) is 4.74 Å². The first-order chi connectivity index (χ1) is 13.8. The molecule has 5 nitrogen and oxygen atoms in total. The molecule has 0 spiro atoms. The summed E-state index contributed by atoms with van der Waals surface area (Å²) in [5, 5.41) is 19.9. The van der Waals surface area contributed by atoms with E-state index in [-0.39, 0.29) is 35.1 Å². The number of benzene rings is 1. The number of esters is 1. The van der Waals surface area contributed by atoms with Crippen molar-refractivity contribution in [1.29, 1.82) is 0 Å². The molecule has 0 unspecified atom stereocenters. The highest BCUT2D eigenvalue weighted by Crippen LogP contribution is 2.53. The summed E-state index contributed by atoms with van der Waals surface area (Å²) in [6.07, 6.45) is 6.31. The number of aromatic hydroxyl groups is 1. The summed E-state index contributed by atoms with van der Waals surface area (Å²) < 4.78 is 5.83. The molecule has 1 saturated heterocycles. The van der Waals surface area contributed by atoms with E-state index >= 15 is 0 Å². The lowest BCUT2D eigenvalue weighted by atomic mass is 9.59. The number of ether oxygens (including phenoxy) is 1. The van der Waals surface area contributed by atoms with Crippen molar-refractivity contribution in [3.8, 4) is 5.75 Å². The highest BCUT2D eigenvalue weighted by molar-refractivity contribution is 5.76. The van der Waals surface area contributed by atoms with Crippen molar-refractivity contribution in [3.63, 3.8) is 0 Å². The zero-order valence-electron chi connectivity index (χ0n) is 17.7. The summed E-state index contributed by atoms with van der Waals surface area (Å²) in [6, 6.07) is 6.61. The average molecular weight is 400 g/mol. The summed E-state index contributed by atoms with van der Waals surface area (Å²) in [5.74, 6) is 0.628. The molecular formula is C24H33NO4. The third kappa shape index (κ3) is 3.95. The Morgan fingerprint density at radius 2 is 2.03 bits per heavy atom. The first-order valence-corrected chi connectivity index (χ1v) is 10.8. The van der Waals surface area contributed by atoms with E-state index in [0.717, 1.165) is 12.0 Å². The van der Waals surface area contributed by atoms with Crippen molar-refractivity contribution in [2.24, 2.45) is 23.2 Å². The number of rotatable bonds is 5. The number of hydrogen-bond acceptors (Lipinski definition) is 5. The Bertz CT molecular complexity index is 789. The number of aliphatic hydroxyl groups is 1. The second-order valence-electron chi connectivity index (χ2n) is 9.67. The van der Waals surface area contributed by atoms with Crippen LogP contribution in [0.3, 0.4) is 0 Å². The summed E-state index contributed by atoms with van der Waals surface area (Å²) in [6.45, 7) is 5.66. The van der Waals surface area contributed by atoms with E-state index < -0.39 is 6.10 Å². The minimum atomic E-state index is -0.666. The van der Waals surface area contributed by atoms with Crippen LogP contribution in [0, 0.1) is 23.2 Å². The number of allylic oxidation sites excluding steroid dienone is 1. The number of hydrogen-bond donors (Lipinski definition) is 2. The lowest BCUT2D eigenvalue weighted by Crippen LogP contribution is -2.40. The molecule has 1 aromatic carbocycles. The van der Waals surface area contributed by atoms with Gasteiger partial charge in [0.2, 0.25) is 0 Å². The molecule has 158 valence electrons. The fourth-order valence-electron chi connectivity index (χ4n) is 5.77. The number of aliphatic hydroxyl groups excluding tert-OH is 1. The van der Waals surface area contributed by atoms with E-state index in [1.807, 2.05) is 11.9 Å². The molecule has 0 bridgehead atoms. The molecule has 29 heavy (non-hydrogen) atoms. The quantitative estimate of drug-likeness (QED) is 0.584. The first kappa shape index (κ1) is 20.4. The van der Waals surface area contributed by atoms with Crippen LogP contribution in [0.15, 0.2) is 35.9 Å². The van der Waals surface area contributed by atoms with Crippen LogP contribution in [0.4, 0.5) is 0 Å². The van der Waals surface area contributed by atoms with E-state index in [0.29, 0.717) is 19.0 Å². The predicted molar refractivity (Wildman–Crippen MR) is 111 cm³/mol. The van der Waals surface area contributed by atoms with Crippen LogP contribution in [-0.2, 0) is 9.53 Å². The van der Waals surface area contributed by atoms with Gasteiger partial charge in [-0.25, -0.2) is 0 Å². The molecule has 6 atom stereocenters. The van der Waals surface area contributed by atoms with Crippen LogP contribution in [-0.4, -0.2) is 47.3 Å². The summed E-state index contributed by atoms with van der Waals surface area (Å²) in [5.41, 5.74) is 2.46. The zero-order valence-corrected chi connectivity index (χ0v) is 17.7. The maximum absolute atomic E-state index is 12.7. The Morgan fingerprint density at radius 1 is 1.31 bits per heavy atom. The number of fused-ring (bicyclic) bond motifs is 2. The van der Waals surface area contributed by atoms with Crippen LogP contribution >= 0.6 is 0 Å². The van der Waals surface area contributed by atoms with Gasteiger partial charge in [0.25, 0.3) is 0 Å². The smallest absolute Gasteiger partial charge is 0.311 e. The molecule has 1 aromatic rings. The Labute approximate surface area is 173 Å². The SMILES string of the molecule is C[C@@H]1CCC[C@]2(C)C[C@H]3OC(=O)[C@@H](CN(C)C[C@H](O)c4ccc(O)cc4)[C@H]3C=C12. The van der Waals surface area contributed by atoms with Crippen molar-refractivity contribution in [2.45, 2.75) is 51.7 Å². The van der Waals surface area contributed by atoms with Gasteiger partial charge in [0.05, 0.1) is 12.0 Å². The molecule has 4 rings (SSSR count). The second kappa shape index (κ2) is 7.77. The van der Waals surface area contributed by atoms with E-state index in [2.05, 4.69) is 19.9 Å². The molecule has 0 amide bonds. The van der Waals surface area contributed by atoms with Crippen molar-refractivity contribution in [1.82, 2.24) is 4.90 Å². The van der Waals surface area contributed by atoms with Crippen LogP contribution in [0.2, 0.25) is 0 Å². The van der Waals surface area contributed by atoms with Crippen LogP contribution in [0.25, 0.3) is 0 Å². The minimum Gasteiger partial charge on any atom is -0.508 e. The normalized spacial score (nSPS) is 34.9. The second-order valence-corrected chi connectivity index (χ2v) is 9.67. The Kier molecular flexibility index (Phi) is 5.47. The number of likely N-dealkylation sites (N-methyl/N-ethyl adjacent to an activating group) is 1. The third-order valence-corrected chi connectivity index (χ3v) is 7.35. The number of nitrogens with zero attached hydrogens (tertiary/aromatic N) is 1. The maximum atomic E-state index is 12.7. The molecule has 1 saturated carbocycles. The number of carbonyl (C=O) groups excluding carboxylic acids is 1. The van der Waals surface area contributed by atoms with E-state index in [1.165, 1.54) is 24.8 Å². The van der Waals surface area contributed by atoms with Crippen LogP contribution < -0.4 is 0 Å². The molecule has 3 aliphatic rings. The molecule has 2 aliphatic carbocycles. The van der Waals surface area contributed by atoms with Crippen LogP contribution in [0.5, 0.6) is 5.75 Å². The lowest BCUT2D eigenvalue weighted by molar-refractivity contribution is -0.145. The molecular weight excluding hydrogens is 366 g/mol. The van der Waals surface area contributed by atoms with Gasteiger partial charge in [0.15, 0.2) is 0 Å². The Morgan fingerprint density at radius 3 is 2.76 bits per heavy atom.